The normalized spacial score (nSPS) is 13.7. The largest absolute Gasteiger partial charge is 0.353 e. The van der Waals surface area contributed by atoms with E-state index in [4.69, 9.17) is 11.6 Å². The lowest BCUT2D eigenvalue weighted by Crippen LogP contribution is -2.04. The van der Waals surface area contributed by atoms with E-state index in [1.165, 1.54) is 12.1 Å². The van der Waals surface area contributed by atoms with Crippen LogP contribution in [0.3, 0.4) is 0 Å². The van der Waals surface area contributed by atoms with Gasteiger partial charge in [0.25, 0.3) is 0 Å². The standard InChI is InChI=1S/C13H13ClFNO/c1-2-5-11(8-10(14)9-17)16-13-7-4-3-6-12(13)15/h2-10,16H,1H3/b5-2-,11-8+. The molecule has 0 saturated heterocycles. The fourth-order valence-corrected chi connectivity index (χ4v) is 1.38. The van der Waals surface area contributed by atoms with Crippen molar-refractivity contribution in [3.63, 3.8) is 0 Å². The lowest BCUT2D eigenvalue weighted by molar-refractivity contribution is -0.106. The molecule has 0 amide bonds. The van der Waals surface area contributed by atoms with Crippen molar-refractivity contribution in [2.75, 3.05) is 5.32 Å². The van der Waals surface area contributed by atoms with Gasteiger partial charge in [0.15, 0.2) is 0 Å². The highest BCUT2D eigenvalue weighted by Gasteiger charge is 2.03. The van der Waals surface area contributed by atoms with Gasteiger partial charge in [0.1, 0.15) is 17.5 Å². The fourth-order valence-electron chi connectivity index (χ4n) is 1.25. The molecule has 17 heavy (non-hydrogen) atoms. The molecular weight excluding hydrogens is 241 g/mol. The molecule has 0 fully saturated rings. The zero-order valence-electron chi connectivity index (χ0n) is 9.36. The van der Waals surface area contributed by atoms with Crippen LogP contribution in [0.25, 0.3) is 0 Å². The SMILES string of the molecule is C/C=C\C(=C/C(Cl)C=O)Nc1ccccc1F. The van der Waals surface area contributed by atoms with Gasteiger partial charge in [-0.25, -0.2) is 4.39 Å². The van der Waals surface area contributed by atoms with Gasteiger partial charge in [0.05, 0.1) is 5.69 Å². The number of aldehydes is 1. The number of carbonyl (C=O) groups is 1. The second-order valence-corrected chi connectivity index (χ2v) is 3.81. The van der Waals surface area contributed by atoms with Crippen molar-refractivity contribution in [3.05, 3.63) is 54.0 Å². The lowest BCUT2D eigenvalue weighted by atomic mass is 10.2. The first-order valence-electron chi connectivity index (χ1n) is 5.12. The average molecular weight is 254 g/mol. The molecule has 1 aromatic carbocycles. The van der Waals surface area contributed by atoms with Crippen molar-refractivity contribution < 1.29 is 9.18 Å². The quantitative estimate of drug-likeness (QED) is 0.494. The second-order valence-electron chi connectivity index (χ2n) is 3.31. The minimum Gasteiger partial charge on any atom is -0.353 e. The number of nitrogens with one attached hydrogen (secondary N) is 1. The highest BCUT2D eigenvalue weighted by Crippen LogP contribution is 2.16. The van der Waals surface area contributed by atoms with Gasteiger partial charge >= 0.3 is 0 Å². The number of anilines is 1. The first-order chi connectivity index (χ1) is 8.17. The topological polar surface area (TPSA) is 29.1 Å². The van der Waals surface area contributed by atoms with Crippen molar-refractivity contribution in [1.82, 2.24) is 0 Å². The number of hydrogen-bond acceptors (Lipinski definition) is 2. The maximum absolute atomic E-state index is 13.4. The molecule has 0 spiro atoms. The Morgan fingerprint density at radius 2 is 2.18 bits per heavy atom. The molecule has 1 rings (SSSR count). The van der Waals surface area contributed by atoms with Crippen molar-refractivity contribution in [2.24, 2.45) is 0 Å². The molecule has 1 atom stereocenters. The first-order valence-corrected chi connectivity index (χ1v) is 5.56. The molecule has 1 N–H and O–H groups in total. The summed E-state index contributed by atoms with van der Waals surface area (Å²) in [5.41, 5.74) is 0.913. The van der Waals surface area contributed by atoms with Gasteiger partial charge in [0, 0.05) is 5.70 Å². The number of allylic oxidation sites excluding steroid dienone is 3. The van der Waals surface area contributed by atoms with Crippen LogP contribution in [0.1, 0.15) is 6.92 Å². The van der Waals surface area contributed by atoms with Crippen LogP contribution in [0.2, 0.25) is 0 Å². The number of benzene rings is 1. The summed E-state index contributed by atoms with van der Waals surface area (Å²) in [6, 6.07) is 6.29. The summed E-state index contributed by atoms with van der Waals surface area (Å²) < 4.78 is 13.4. The van der Waals surface area contributed by atoms with E-state index in [-0.39, 0.29) is 5.82 Å². The van der Waals surface area contributed by atoms with Gasteiger partial charge in [0.2, 0.25) is 0 Å². The zero-order valence-corrected chi connectivity index (χ0v) is 10.1. The summed E-state index contributed by atoms with van der Waals surface area (Å²) in [6.45, 7) is 1.82. The van der Waals surface area contributed by atoms with Crippen LogP contribution in [0.5, 0.6) is 0 Å². The van der Waals surface area contributed by atoms with Gasteiger partial charge in [-0.05, 0) is 31.2 Å². The predicted octanol–water partition coefficient (Wildman–Crippen LogP) is 3.50. The highest BCUT2D eigenvalue weighted by molar-refractivity contribution is 6.29. The molecule has 0 saturated carbocycles. The molecule has 0 heterocycles. The van der Waals surface area contributed by atoms with Crippen LogP contribution in [0.4, 0.5) is 10.1 Å². The van der Waals surface area contributed by atoms with Crippen LogP contribution < -0.4 is 5.32 Å². The summed E-state index contributed by atoms with van der Waals surface area (Å²) in [7, 11) is 0. The van der Waals surface area contributed by atoms with E-state index in [0.717, 1.165) is 0 Å². The summed E-state index contributed by atoms with van der Waals surface area (Å²) >= 11 is 5.69. The minimum atomic E-state index is -0.736. The summed E-state index contributed by atoms with van der Waals surface area (Å²) in [6.07, 6.45) is 5.61. The van der Waals surface area contributed by atoms with Crippen molar-refractivity contribution in [2.45, 2.75) is 12.3 Å². The first kappa shape index (κ1) is 13.5. The van der Waals surface area contributed by atoms with Gasteiger partial charge in [-0.1, -0.05) is 18.2 Å². The Bertz CT molecular complexity index is 443. The molecule has 90 valence electrons. The smallest absolute Gasteiger partial charge is 0.146 e. The summed E-state index contributed by atoms with van der Waals surface area (Å²) in [5, 5.41) is 2.13. The van der Waals surface area contributed by atoms with E-state index in [0.29, 0.717) is 17.7 Å². The number of carbonyl (C=O) groups excluding carboxylic acids is 1. The van der Waals surface area contributed by atoms with Crippen molar-refractivity contribution >= 4 is 23.6 Å². The van der Waals surface area contributed by atoms with Gasteiger partial charge in [-0.3, -0.25) is 0 Å². The fraction of sp³-hybridized carbons (Fsp3) is 0.154. The Labute approximate surface area is 105 Å². The molecule has 0 aliphatic rings. The predicted molar refractivity (Wildman–Crippen MR) is 68.6 cm³/mol. The monoisotopic (exact) mass is 253 g/mol. The van der Waals surface area contributed by atoms with Crippen LogP contribution in [0, 0.1) is 5.82 Å². The molecule has 1 unspecified atom stereocenters. The van der Waals surface area contributed by atoms with E-state index in [1.54, 1.807) is 30.4 Å². The maximum atomic E-state index is 13.4. The van der Waals surface area contributed by atoms with Crippen LogP contribution in [-0.4, -0.2) is 11.7 Å². The van der Waals surface area contributed by atoms with Crippen molar-refractivity contribution in [1.29, 1.82) is 0 Å². The molecule has 0 bridgehead atoms. The molecule has 1 aromatic rings. The third-order valence-corrected chi connectivity index (χ3v) is 2.20. The van der Waals surface area contributed by atoms with Gasteiger partial charge < -0.3 is 10.1 Å². The zero-order chi connectivity index (χ0) is 12.7. The number of alkyl halides is 1. The Balaban J connectivity index is 2.91. The molecular formula is C13H13ClFNO. The third-order valence-electron chi connectivity index (χ3n) is 1.97. The van der Waals surface area contributed by atoms with Crippen LogP contribution in [-0.2, 0) is 4.79 Å². The minimum absolute atomic E-state index is 0.339. The van der Waals surface area contributed by atoms with Gasteiger partial charge in [-0.2, -0.15) is 0 Å². The number of rotatable bonds is 5. The molecule has 0 aromatic heterocycles. The molecule has 0 aliphatic carbocycles. The number of para-hydroxylation sites is 1. The van der Waals surface area contributed by atoms with E-state index in [9.17, 15) is 9.18 Å². The lowest BCUT2D eigenvalue weighted by Gasteiger charge is -2.08. The van der Waals surface area contributed by atoms with Crippen LogP contribution in [0.15, 0.2) is 48.2 Å². The van der Waals surface area contributed by atoms with Crippen LogP contribution >= 0.6 is 11.6 Å². The summed E-state index contributed by atoms with van der Waals surface area (Å²) in [4.78, 5) is 10.5. The molecule has 4 heteroatoms. The Morgan fingerprint density at radius 3 is 2.76 bits per heavy atom. The van der Waals surface area contributed by atoms with Gasteiger partial charge in [-0.15, -0.1) is 11.6 Å². The Hall–Kier alpha value is -1.61. The van der Waals surface area contributed by atoms with E-state index in [1.807, 2.05) is 6.92 Å². The van der Waals surface area contributed by atoms with Crippen molar-refractivity contribution in [3.8, 4) is 0 Å². The average Bonchev–Trinajstić information content (AvgIpc) is 2.32. The Morgan fingerprint density at radius 1 is 1.47 bits per heavy atom. The second kappa shape index (κ2) is 6.86. The van der Waals surface area contributed by atoms with E-state index in [2.05, 4.69) is 5.32 Å². The summed E-state index contributed by atoms with van der Waals surface area (Å²) in [5.74, 6) is -0.361. The maximum Gasteiger partial charge on any atom is 0.146 e. The molecule has 0 radical (unpaired) electrons. The molecule has 2 nitrogen and oxygen atoms in total. The molecule has 0 aliphatic heterocycles. The number of halogens is 2. The third kappa shape index (κ3) is 4.41. The highest BCUT2D eigenvalue weighted by atomic mass is 35.5. The number of hydrogen-bond donors (Lipinski definition) is 1. The van der Waals surface area contributed by atoms with E-state index < -0.39 is 5.38 Å². The van der Waals surface area contributed by atoms with E-state index >= 15 is 0 Å². The Kier molecular flexibility index (Phi) is 5.43.